The van der Waals surface area contributed by atoms with Crippen LogP contribution in [0.4, 0.5) is 0 Å². The van der Waals surface area contributed by atoms with E-state index in [0.717, 1.165) is 80.5 Å². The van der Waals surface area contributed by atoms with Crippen molar-refractivity contribution < 1.29 is 0 Å². The van der Waals surface area contributed by atoms with Gasteiger partial charge in [0, 0.05) is 13.1 Å². The van der Waals surface area contributed by atoms with Crippen LogP contribution in [0.25, 0.3) is 44.1 Å². The first-order chi connectivity index (χ1) is 21.7. The molecular weight excluding hydrogens is 548 g/mol. The topological polar surface area (TPSA) is 121 Å². The predicted molar refractivity (Wildman–Crippen MR) is 173 cm³/mol. The number of nitrogens with one attached hydrogen (secondary N) is 4. The van der Waals surface area contributed by atoms with Crippen LogP contribution in [0.3, 0.4) is 0 Å². The third-order valence-electron chi connectivity index (χ3n) is 7.98. The van der Waals surface area contributed by atoms with E-state index in [1.54, 1.807) is 0 Å². The molecular formula is C34H32N10. The molecule has 10 heteroatoms. The van der Waals surface area contributed by atoms with Crippen molar-refractivity contribution in [2.75, 3.05) is 13.1 Å². The Labute approximate surface area is 253 Å². The molecule has 0 atom stereocenters. The van der Waals surface area contributed by atoms with E-state index in [4.69, 9.17) is 19.9 Å². The predicted octanol–water partition coefficient (Wildman–Crippen LogP) is 5.90. The summed E-state index contributed by atoms with van der Waals surface area (Å²) in [4.78, 5) is 38.3. The van der Waals surface area contributed by atoms with Crippen LogP contribution in [-0.4, -0.2) is 62.8 Å². The molecule has 8 rings (SSSR count). The number of H-pyrrole nitrogens is 4. The maximum absolute atomic E-state index is 4.88. The van der Waals surface area contributed by atoms with Gasteiger partial charge in [0.1, 0.15) is 23.3 Å². The standard InChI is InChI=1S/C34H32N10/c1-2-10-24-23(9-1)35-31(36-24)19-43(20-32-37-25-11-3-4-12-26(25)38-32)17-18-44(21-33-39-27-13-5-6-14-28(27)40-33)22-34-41-29-15-7-8-16-30(29)42-34/h1-16H,17-22H2,(H,35,36)(H,37,38)(H,39,40)(H,41,42). The molecule has 44 heavy (non-hydrogen) atoms. The SMILES string of the molecule is c1ccc2[nH]c(CN(CCN(Cc3nc4ccccc4[nH]3)Cc3nc4ccccc4[nH]3)Cc3nc4ccccc4[nH]3)nc2c1. The number of aromatic nitrogens is 8. The van der Waals surface area contributed by atoms with Crippen molar-refractivity contribution in [3.63, 3.8) is 0 Å². The molecule has 8 aromatic rings. The third kappa shape index (κ3) is 5.56. The fraction of sp³-hybridized carbons (Fsp3) is 0.176. The highest BCUT2D eigenvalue weighted by molar-refractivity contribution is 5.76. The number of para-hydroxylation sites is 8. The largest absolute Gasteiger partial charge is 0.341 e. The highest BCUT2D eigenvalue weighted by Gasteiger charge is 2.18. The van der Waals surface area contributed by atoms with Crippen molar-refractivity contribution in [1.82, 2.24) is 49.7 Å². The molecule has 4 heterocycles. The number of nitrogens with zero attached hydrogens (tertiary/aromatic N) is 6. The zero-order valence-corrected chi connectivity index (χ0v) is 24.2. The van der Waals surface area contributed by atoms with Crippen molar-refractivity contribution in [3.05, 3.63) is 120 Å². The molecule has 0 amide bonds. The quantitative estimate of drug-likeness (QED) is 0.151. The first kappa shape index (κ1) is 26.3. The Balaban J connectivity index is 1.07. The molecule has 218 valence electrons. The van der Waals surface area contributed by atoms with E-state index < -0.39 is 0 Å². The molecule has 4 N–H and O–H groups in total. The number of fused-ring (bicyclic) bond motifs is 4. The summed E-state index contributed by atoms with van der Waals surface area (Å²) in [6, 6.07) is 32.7. The van der Waals surface area contributed by atoms with Crippen LogP contribution in [0.5, 0.6) is 0 Å². The van der Waals surface area contributed by atoms with Crippen LogP contribution in [0.15, 0.2) is 97.1 Å². The summed E-state index contributed by atoms with van der Waals surface area (Å²) in [5.74, 6) is 3.73. The Morgan fingerprint density at radius 3 is 0.864 bits per heavy atom. The lowest BCUT2D eigenvalue weighted by Crippen LogP contribution is -2.35. The molecule has 4 aromatic heterocycles. The summed E-state index contributed by atoms with van der Waals surface area (Å²) in [6.45, 7) is 4.22. The van der Waals surface area contributed by atoms with Crippen LogP contribution in [-0.2, 0) is 26.2 Å². The highest BCUT2D eigenvalue weighted by atomic mass is 15.2. The third-order valence-corrected chi connectivity index (χ3v) is 7.98. The first-order valence-corrected chi connectivity index (χ1v) is 14.9. The molecule has 0 spiro atoms. The van der Waals surface area contributed by atoms with Crippen molar-refractivity contribution in [2.45, 2.75) is 26.2 Å². The van der Waals surface area contributed by atoms with E-state index in [0.29, 0.717) is 26.2 Å². The van der Waals surface area contributed by atoms with Gasteiger partial charge >= 0.3 is 0 Å². The molecule has 0 fully saturated rings. The summed E-state index contributed by atoms with van der Waals surface area (Å²) >= 11 is 0. The summed E-state index contributed by atoms with van der Waals surface area (Å²) < 4.78 is 0. The van der Waals surface area contributed by atoms with Gasteiger partial charge in [0.05, 0.1) is 70.3 Å². The molecule has 4 aromatic carbocycles. The Morgan fingerprint density at radius 1 is 0.364 bits per heavy atom. The van der Waals surface area contributed by atoms with E-state index in [1.165, 1.54) is 0 Å². The van der Waals surface area contributed by atoms with E-state index in [1.807, 2.05) is 72.8 Å². The normalized spacial score (nSPS) is 12.1. The lowest BCUT2D eigenvalue weighted by atomic mass is 10.3. The molecule has 0 aliphatic rings. The van der Waals surface area contributed by atoms with Gasteiger partial charge in [-0.2, -0.15) is 0 Å². The average molecular weight is 581 g/mol. The number of hydrogen-bond acceptors (Lipinski definition) is 6. The second-order valence-electron chi connectivity index (χ2n) is 11.2. The van der Waals surface area contributed by atoms with Gasteiger partial charge in [-0.25, -0.2) is 19.9 Å². The second-order valence-corrected chi connectivity index (χ2v) is 11.2. The van der Waals surface area contributed by atoms with Crippen molar-refractivity contribution >= 4 is 44.1 Å². The van der Waals surface area contributed by atoms with E-state index >= 15 is 0 Å². The number of aromatic amines is 4. The first-order valence-electron chi connectivity index (χ1n) is 14.9. The van der Waals surface area contributed by atoms with Crippen LogP contribution in [0, 0.1) is 0 Å². The molecule has 0 aliphatic carbocycles. The summed E-state index contributed by atoms with van der Waals surface area (Å²) in [7, 11) is 0. The number of rotatable bonds is 11. The Kier molecular flexibility index (Phi) is 6.82. The Morgan fingerprint density at radius 2 is 0.614 bits per heavy atom. The van der Waals surface area contributed by atoms with Crippen LogP contribution in [0.1, 0.15) is 23.3 Å². The van der Waals surface area contributed by atoms with Crippen LogP contribution < -0.4 is 0 Å². The van der Waals surface area contributed by atoms with E-state index in [9.17, 15) is 0 Å². The number of benzene rings is 4. The van der Waals surface area contributed by atoms with Crippen LogP contribution in [0.2, 0.25) is 0 Å². The fourth-order valence-electron chi connectivity index (χ4n) is 5.88. The van der Waals surface area contributed by atoms with Gasteiger partial charge in [0.25, 0.3) is 0 Å². The fourth-order valence-corrected chi connectivity index (χ4v) is 5.88. The molecule has 0 bridgehead atoms. The lowest BCUT2D eigenvalue weighted by Gasteiger charge is -2.26. The zero-order chi connectivity index (χ0) is 29.3. The smallest absolute Gasteiger partial charge is 0.121 e. The summed E-state index contributed by atoms with van der Waals surface area (Å²) in [6.07, 6.45) is 0. The van der Waals surface area contributed by atoms with Gasteiger partial charge in [0.15, 0.2) is 0 Å². The van der Waals surface area contributed by atoms with Crippen molar-refractivity contribution in [3.8, 4) is 0 Å². The lowest BCUT2D eigenvalue weighted by molar-refractivity contribution is 0.174. The Bertz CT molecular complexity index is 1740. The molecule has 0 saturated heterocycles. The van der Waals surface area contributed by atoms with Gasteiger partial charge < -0.3 is 19.9 Å². The van der Waals surface area contributed by atoms with Crippen molar-refractivity contribution in [1.29, 1.82) is 0 Å². The minimum atomic E-state index is 0.662. The average Bonchev–Trinajstić information content (AvgIpc) is 3.82. The van der Waals surface area contributed by atoms with Crippen LogP contribution >= 0.6 is 0 Å². The molecule has 10 nitrogen and oxygen atoms in total. The highest BCUT2D eigenvalue weighted by Crippen LogP contribution is 2.18. The monoisotopic (exact) mass is 580 g/mol. The number of hydrogen-bond donors (Lipinski definition) is 4. The van der Waals surface area contributed by atoms with Gasteiger partial charge in [0.2, 0.25) is 0 Å². The Hall–Kier alpha value is -5.32. The molecule has 0 saturated carbocycles. The molecule has 0 radical (unpaired) electrons. The minimum Gasteiger partial charge on any atom is -0.341 e. The van der Waals surface area contributed by atoms with Crippen molar-refractivity contribution in [2.24, 2.45) is 0 Å². The van der Waals surface area contributed by atoms with E-state index in [-0.39, 0.29) is 0 Å². The van der Waals surface area contributed by atoms with E-state index in [2.05, 4.69) is 54.0 Å². The summed E-state index contributed by atoms with van der Waals surface area (Å²) in [5.41, 5.74) is 8.07. The molecule has 0 aliphatic heterocycles. The van der Waals surface area contributed by atoms with Gasteiger partial charge in [-0.05, 0) is 48.5 Å². The van der Waals surface area contributed by atoms with Gasteiger partial charge in [-0.3, -0.25) is 9.80 Å². The maximum Gasteiger partial charge on any atom is 0.121 e. The minimum absolute atomic E-state index is 0.662. The maximum atomic E-state index is 4.88. The number of imidazole rings is 4. The van der Waals surface area contributed by atoms with Gasteiger partial charge in [-0.1, -0.05) is 48.5 Å². The zero-order valence-electron chi connectivity index (χ0n) is 24.2. The van der Waals surface area contributed by atoms with Gasteiger partial charge in [-0.15, -0.1) is 0 Å². The molecule has 0 unspecified atom stereocenters. The second kappa shape index (κ2) is 11.4. The summed E-state index contributed by atoms with van der Waals surface area (Å²) in [5, 5.41) is 0.